The molecule has 0 spiro atoms. The number of rotatable bonds is 7. The Balaban J connectivity index is 1.56. The number of fused-ring (bicyclic) bond motifs is 1. The lowest BCUT2D eigenvalue weighted by Gasteiger charge is -2.13. The Morgan fingerprint density at radius 3 is 2.88 bits per heavy atom. The topological polar surface area (TPSA) is 66.2 Å². The van der Waals surface area contributed by atoms with E-state index in [2.05, 4.69) is 28.6 Å². The van der Waals surface area contributed by atoms with Gasteiger partial charge in [0, 0.05) is 23.6 Å². The van der Waals surface area contributed by atoms with Crippen LogP contribution in [0.1, 0.15) is 24.5 Å². The van der Waals surface area contributed by atoms with Gasteiger partial charge in [-0.3, -0.25) is 0 Å². The van der Waals surface area contributed by atoms with Crippen molar-refractivity contribution in [3.8, 4) is 5.75 Å². The first-order valence-corrected chi connectivity index (χ1v) is 9.00. The van der Waals surface area contributed by atoms with E-state index in [4.69, 9.17) is 4.74 Å². The summed E-state index contributed by atoms with van der Waals surface area (Å²) in [4.78, 5) is 15.5. The zero-order valence-corrected chi connectivity index (χ0v) is 15.3. The highest BCUT2D eigenvalue weighted by molar-refractivity contribution is 5.91. The molecule has 5 nitrogen and oxygen atoms in total. The summed E-state index contributed by atoms with van der Waals surface area (Å²) in [6, 6.07) is 13.7. The number of carbonyl (C=O) groups excluding carboxylic acids is 1. The van der Waals surface area contributed by atoms with Crippen molar-refractivity contribution in [3.05, 3.63) is 59.8 Å². The lowest BCUT2D eigenvalue weighted by molar-refractivity contribution is 0.252. The molecule has 3 N–H and O–H groups in total. The van der Waals surface area contributed by atoms with Crippen LogP contribution in [0.4, 0.5) is 10.5 Å². The smallest absolute Gasteiger partial charge is 0.319 e. The number of nitrogens with one attached hydrogen (secondary N) is 3. The molecule has 3 rings (SSSR count). The molecule has 0 atom stereocenters. The molecule has 26 heavy (non-hydrogen) atoms. The number of hydrogen-bond donors (Lipinski definition) is 3. The molecule has 1 aromatic heterocycles. The predicted octanol–water partition coefficient (Wildman–Crippen LogP) is 4.63. The molecule has 0 radical (unpaired) electrons. The SMILES string of the molecule is CCCOc1cc(C)ccc1NC(=O)NCCc1c[nH]c2ccccc12. The van der Waals surface area contributed by atoms with Gasteiger partial charge >= 0.3 is 6.03 Å². The van der Waals surface area contributed by atoms with Crippen LogP contribution in [0.25, 0.3) is 10.9 Å². The number of H-pyrrole nitrogens is 1. The number of carbonyl (C=O) groups is 1. The van der Waals surface area contributed by atoms with Crippen LogP contribution in [0.3, 0.4) is 0 Å². The van der Waals surface area contributed by atoms with Gasteiger partial charge in [-0.2, -0.15) is 0 Å². The number of amides is 2. The Kier molecular flexibility index (Phi) is 5.79. The van der Waals surface area contributed by atoms with Crippen molar-refractivity contribution in [1.82, 2.24) is 10.3 Å². The molecule has 0 aliphatic heterocycles. The number of benzene rings is 2. The maximum atomic E-state index is 12.2. The van der Waals surface area contributed by atoms with Gasteiger partial charge in [-0.05, 0) is 49.1 Å². The first kappa shape index (κ1) is 17.9. The van der Waals surface area contributed by atoms with Gasteiger partial charge in [-0.25, -0.2) is 4.79 Å². The van der Waals surface area contributed by atoms with E-state index >= 15 is 0 Å². The number of ether oxygens (including phenoxy) is 1. The molecule has 0 unspecified atom stereocenters. The molecule has 0 saturated carbocycles. The molecular formula is C21H25N3O2. The first-order valence-electron chi connectivity index (χ1n) is 9.00. The Hall–Kier alpha value is -2.95. The zero-order valence-electron chi connectivity index (χ0n) is 15.3. The standard InChI is InChI=1S/C21H25N3O2/c1-3-12-26-20-13-15(2)8-9-19(20)24-21(25)22-11-10-16-14-23-18-7-5-4-6-17(16)18/h4-9,13-14,23H,3,10-12H2,1-2H3,(H2,22,24,25). The summed E-state index contributed by atoms with van der Waals surface area (Å²) >= 11 is 0. The molecular weight excluding hydrogens is 326 g/mol. The van der Waals surface area contributed by atoms with Gasteiger partial charge in [0.15, 0.2) is 0 Å². The van der Waals surface area contributed by atoms with Crippen molar-refractivity contribution < 1.29 is 9.53 Å². The minimum atomic E-state index is -0.227. The molecule has 3 aromatic rings. The molecule has 2 amide bonds. The van der Waals surface area contributed by atoms with Gasteiger partial charge in [-0.1, -0.05) is 31.2 Å². The summed E-state index contributed by atoms with van der Waals surface area (Å²) < 4.78 is 5.73. The zero-order chi connectivity index (χ0) is 18.4. The quantitative estimate of drug-likeness (QED) is 0.581. The lowest BCUT2D eigenvalue weighted by atomic mass is 10.1. The van der Waals surface area contributed by atoms with E-state index in [0.29, 0.717) is 24.6 Å². The lowest BCUT2D eigenvalue weighted by Crippen LogP contribution is -2.30. The monoisotopic (exact) mass is 351 g/mol. The van der Waals surface area contributed by atoms with E-state index in [-0.39, 0.29) is 6.03 Å². The van der Waals surface area contributed by atoms with Gasteiger partial charge in [0.1, 0.15) is 5.75 Å². The summed E-state index contributed by atoms with van der Waals surface area (Å²) in [5, 5.41) is 6.99. The summed E-state index contributed by atoms with van der Waals surface area (Å²) in [6.45, 7) is 5.25. The third kappa shape index (κ3) is 4.36. The maximum Gasteiger partial charge on any atom is 0.319 e. The number of aryl methyl sites for hydroxylation is 1. The molecule has 0 saturated heterocycles. The summed E-state index contributed by atoms with van der Waals surface area (Å²) in [6.07, 6.45) is 3.69. The van der Waals surface area contributed by atoms with Crippen LogP contribution in [-0.2, 0) is 6.42 Å². The van der Waals surface area contributed by atoms with Crippen LogP contribution in [-0.4, -0.2) is 24.2 Å². The number of aromatic amines is 1. The fourth-order valence-electron chi connectivity index (χ4n) is 2.88. The Labute approximate surface area is 153 Å². The van der Waals surface area contributed by atoms with Gasteiger partial charge in [-0.15, -0.1) is 0 Å². The largest absolute Gasteiger partial charge is 0.491 e. The van der Waals surface area contributed by atoms with Crippen LogP contribution in [0.15, 0.2) is 48.7 Å². The fraction of sp³-hybridized carbons (Fsp3) is 0.286. The second-order valence-corrected chi connectivity index (χ2v) is 6.34. The maximum absolute atomic E-state index is 12.2. The third-order valence-corrected chi connectivity index (χ3v) is 4.20. The molecule has 0 aliphatic carbocycles. The van der Waals surface area contributed by atoms with E-state index in [9.17, 15) is 4.79 Å². The van der Waals surface area contributed by atoms with Crippen molar-refractivity contribution in [2.75, 3.05) is 18.5 Å². The highest BCUT2D eigenvalue weighted by Crippen LogP contribution is 2.26. The Bertz CT molecular complexity index is 886. The first-order chi connectivity index (χ1) is 12.7. The van der Waals surface area contributed by atoms with Crippen LogP contribution < -0.4 is 15.4 Å². The van der Waals surface area contributed by atoms with E-state index in [1.165, 1.54) is 10.9 Å². The van der Waals surface area contributed by atoms with Gasteiger partial charge in [0.2, 0.25) is 0 Å². The molecule has 0 aliphatic rings. The number of aromatic nitrogens is 1. The predicted molar refractivity (Wildman–Crippen MR) is 106 cm³/mol. The average Bonchev–Trinajstić information content (AvgIpc) is 3.05. The van der Waals surface area contributed by atoms with Crippen molar-refractivity contribution in [3.63, 3.8) is 0 Å². The average molecular weight is 351 g/mol. The van der Waals surface area contributed by atoms with E-state index < -0.39 is 0 Å². The van der Waals surface area contributed by atoms with Gasteiger partial charge in [0.05, 0.1) is 12.3 Å². The summed E-state index contributed by atoms with van der Waals surface area (Å²) in [5.41, 5.74) is 4.10. The molecule has 1 heterocycles. The number of hydrogen-bond acceptors (Lipinski definition) is 2. The van der Waals surface area contributed by atoms with Crippen LogP contribution in [0.2, 0.25) is 0 Å². The minimum absolute atomic E-state index is 0.227. The fourth-order valence-corrected chi connectivity index (χ4v) is 2.88. The Morgan fingerprint density at radius 2 is 2.04 bits per heavy atom. The van der Waals surface area contributed by atoms with Crippen LogP contribution in [0, 0.1) is 6.92 Å². The number of para-hydroxylation sites is 1. The van der Waals surface area contributed by atoms with Crippen molar-refractivity contribution in [2.24, 2.45) is 0 Å². The highest BCUT2D eigenvalue weighted by Gasteiger charge is 2.09. The highest BCUT2D eigenvalue weighted by atomic mass is 16.5. The summed E-state index contributed by atoms with van der Waals surface area (Å²) in [7, 11) is 0. The summed E-state index contributed by atoms with van der Waals surface area (Å²) in [5.74, 6) is 0.707. The third-order valence-electron chi connectivity index (χ3n) is 4.20. The molecule has 136 valence electrons. The van der Waals surface area contributed by atoms with Crippen LogP contribution >= 0.6 is 0 Å². The van der Waals surface area contributed by atoms with Crippen LogP contribution in [0.5, 0.6) is 5.75 Å². The van der Waals surface area contributed by atoms with Gasteiger partial charge in [0.25, 0.3) is 0 Å². The second kappa shape index (κ2) is 8.43. The van der Waals surface area contributed by atoms with E-state index in [1.54, 1.807) is 0 Å². The molecule has 0 fully saturated rings. The molecule has 2 aromatic carbocycles. The minimum Gasteiger partial charge on any atom is -0.491 e. The van der Waals surface area contributed by atoms with Crippen molar-refractivity contribution >= 4 is 22.6 Å². The van der Waals surface area contributed by atoms with Gasteiger partial charge < -0.3 is 20.4 Å². The van der Waals surface area contributed by atoms with E-state index in [0.717, 1.165) is 23.9 Å². The number of urea groups is 1. The molecule has 0 bridgehead atoms. The second-order valence-electron chi connectivity index (χ2n) is 6.34. The van der Waals surface area contributed by atoms with E-state index in [1.807, 2.05) is 49.5 Å². The van der Waals surface area contributed by atoms with Crippen molar-refractivity contribution in [2.45, 2.75) is 26.7 Å². The van der Waals surface area contributed by atoms with Crippen molar-refractivity contribution in [1.29, 1.82) is 0 Å². The Morgan fingerprint density at radius 1 is 1.19 bits per heavy atom. The number of anilines is 1. The normalized spacial score (nSPS) is 10.7. The molecule has 5 heteroatoms.